The Morgan fingerprint density at radius 1 is 1.03 bits per heavy atom. The van der Waals surface area contributed by atoms with Gasteiger partial charge in [-0.05, 0) is 61.7 Å². The van der Waals surface area contributed by atoms with Gasteiger partial charge in [-0.15, -0.1) is 0 Å². The van der Waals surface area contributed by atoms with E-state index in [9.17, 15) is 0 Å². The highest BCUT2D eigenvalue weighted by molar-refractivity contribution is 5.79. The smallest absolute Gasteiger partial charge is 0.191 e. The number of ether oxygens (including phenoxy) is 1. The third-order valence-electron chi connectivity index (χ3n) is 4.39. The molecule has 0 aliphatic heterocycles. The number of guanidine groups is 1. The van der Waals surface area contributed by atoms with E-state index in [0.717, 1.165) is 30.4 Å². The van der Waals surface area contributed by atoms with Crippen molar-refractivity contribution in [3.63, 3.8) is 0 Å². The summed E-state index contributed by atoms with van der Waals surface area (Å²) in [6.45, 7) is 5.57. The van der Waals surface area contributed by atoms with Crippen molar-refractivity contribution >= 4 is 5.96 Å². The average molecular weight is 392 g/mol. The Bertz CT molecular complexity index is 884. The predicted octanol–water partition coefficient (Wildman–Crippen LogP) is 3.57. The number of benzene rings is 2. The first-order chi connectivity index (χ1) is 14.1. The minimum Gasteiger partial charge on any atom is -0.491 e. The van der Waals surface area contributed by atoms with Gasteiger partial charge < -0.3 is 15.4 Å². The number of nitrogens with one attached hydrogen (secondary N) is 2. The molecule has 0 saturated carbocycles. The van der Waals surface area contributed by atoms with Gasteiger partial charge in [0.25, 0.3) is 0 Å². The average Bonchev–Trinajstić information content (AvgIpc) is 3.26. The van der Waals surface area contributed by atoms with Gasteiger partial charge in [-0.3, -0.25) is 4.99 Å². The van der Waals surface area contributed by atoms with E-state index in [-0.39, 0.29) is 6.10 Å². The van der Waals surface area contributed by atoms with Crippen molar-refractivity contribution in [2.75, 3.05) is 13.6 Å². The van der Waals surface area contributed by atoms with Crippen molar-refractivity contribution in [1.29, 1.82) is 0 Å². The summed E-state index contributed by atoms with van der Waals surface area (Å²) in [5.41, 5.74) is 3.51. The summed E-state index contributed by atoms with van der Waals surface area (Å²) in [7, 11) is 1.79. The first-order valence-corrected chi connectivity index (χ1v) is 9.93. The van der Waals surface area contributed by atoms with Gasteiger partial charge in [-0.1, -0.05) is 24.3 Å². The predicted molar refractivity (Wildman–Crippen MR) is 118 cm³/mol. The Morgan fingerprint density at radius 3 is 2.38 bits per heavy atom. The second-order valence-electron chi connectivity index (χ2n) is 7.03. The molecule has 6 heteroatoms. The van der Waals surface area contributed by atoms with E-state index in [1.807, 2.05) is 42.9 Å². The topological polar surface area (TPSA) is 63.5 Å². The van der Waals surface area contributed by atoms with Crippen LogP contribution in [0.4, 0.5) is 0 Å². The maximum atomic E-state index is 5.68. The Balaban J connectivity index is 1.42. The number of nitrogens with zero attached hydrogens (tertiary/aromatic N) is 3. The van der Waals surface area contributed by atoms with E-state index in [4.69, 9.17) is 4.74 Å². The van der Waals surface area contributed by atoms with Gasteiger partial charge in [-0.25, -0.2) is 4.68 Å². The Kier molecular flexibility index (Phi) is 7.28. The van der Waals surface area contributed by atoms with Gasteiger partial charge in [0.15, 0.2) is 5.96 Å². The van der Waals surface area contributed by atoms with E-state index in [2.05, 4.69) is 57.1 Å². The number of aromatic nitrogens is 2. The molecule has 0 spiro atoms. The molecule has 2 N–H and O–H groups in total. The standard InChI is InChI=1S/C23H29N5O/c1-18(2)29-22-11-7-20(8-12-22)17-26-23(24-3)25-15-13-19-5-9-21(10-6-19)28-16-4-14-27-28/h4-12,14,16,18H,13,15,17H2,1-3H3,(H2,24,25,26). The molecular weight excluding hydrogens is 362 g/mol. The molecule has 3 aromatic rings. The van der Waals surface area contributed by atoms with Crippen LogP contribution in [0.2, 0.25) is 0 Å². The van der Waals surface area contributed by atoms with Crippen molar-refractivity contribution in [2.24, 2.45) is 4.99 Å². The van der Waals surface area contributed by atoms with Crippen molar-refractivity contribution in [3.05, 3.63) is 78.1 Å². The van der Waals surface area contributed by atoms with Crippen molar-refractivity contribution in [2.45, 2.75) is 32.9 Å². The lowest BCUT2D eigenvalue weighted by Crippen LogP contribution is -2.37. The van der Waals surface area contributed by atoms with Crippen molar-refractivity contribution < 1.29 is 4.74 Å². The van der Waals surface area contributed by atoms with E-state index in [1.54, 1.807) is 13.2 Å². The molecule has 2 aromatic carbocycles. The van der Waals surface area contributed by atoms with E-state index >= 15 is 0 Å². The summed E-state index contributed by atoms with van der Waals surface area (Å²) in [5, 5.41) is 11.0. The third-order valence-corrected chi connectivity index (χ3v) is 4.39. The number of rotatable bonds is 8. The number of hydrogen-bond acceptors (Lipinski definition) is 3. The SMILES string of the molecule is CN=C(NCCc1ccc(-n2cccn2)cc1)NCc1ccc(OC(C)C)cc1. The Labute approximate surface area is 172 Å². The van der Waals surface area contributed by atoms with Crippen LogP contribution in [0.25, 0.3) is 5.69 Å². The molecule has 0 amide bonds. The summed E-state index contributed by atoms with van der Waals surface area (Å²) in [6.07, 6.45) is 4.83. The molecule has 0 fully saturated rings. The fourth-order valence-electron chi connectivity index (χ4n) is 2.93. The highest BCUT2D eigenvalue weighted by Gasteiger charge is 2.02. The third kappa shape index (κ3) is 6.38. The van der Waals surface area contributed by atoms with Gasteiger partial charge in [0.2, 0.25) is 0 Å². The maximum Gasteiger partial charge on any atom is 0.191 e. The largest absolute Gasteiger partial charge is 0.491 e. The molecule has 29 heavy (non-hydrogen) atoms. The molecule has 0 atom stereocenters. The van der Waals surface area contributed by atoms with Crippen LogP contribution in [0.1, 0.15) is 25.0 Å². The Morgan fingerprint density at radius 2 is 1.76 bits per heavy atom. The summed E-state index contributed by atoms with van der Waals surface area (Å²) in [6, 6.07) is 18.5. The van der Waals surface area contributed by atoms with Gasteiger partial charge in [-0.2, -0.15) is 5.10 Å². The van der Waals surface area contributed by atoms with E-state index < -0.39 is 0 Å². The highest BCUT2D eigenvalue weighted by atomic mass is 16.5. The van der Waals surface area contributed by atoms with Crippen LogP contribution in [0, 0.1) is 0 Å². The molecule has 1 aromatic heterocycles. The lowest BCUT2D eigenvalue weighted by atomic mass is 10.1. The lowest BCUT2D eigenvalue weighted by molar-refractivity contribution is 0.242. The lowest BCUT2D eigenvalue weighted by Gasteiger charge is -2.13. The zero-order valence-corrected chi connectivity index (χ0v) is 17.3. The normalized spacial score (nSPS) is 11.5. The van der Waals surface area contributed by atoms with Crippen LogP contribution in [-0.4, -0.2) is 35.4 Å². The van der Waals surface area contributed by atoms with Crippen LogP contribution in [-0.2, 0) is 13.0 Å². The molecular formula is C23H29N5O. The summed E-state index contributed by atoms with van der Waals surface area (Å²) in [5.74, 6) is 1.69. The molecule has 0 aliphatic rings. The van der Waals surface area contributed by atoms with Gasteiger partial charge in [0.05, 0.1) is 11.8 Å². The zero-order chi connectivity index (χ0) is 20.5. The number of hydrogen-bond donors (Lipinski definition) is 2. The van der Waals surface area contributed by atoms with E-state index in [1.165, 1.54) is 11.1 Å². The molecule has 152 valence electrons. The minimum atomic E-state index is 0.184. The minimum absolute atomic E-state index is 0.184. The molecule has 0 unspecified atom stereocenters. The molecule has 1 heterocycles. The Hall–Kier alpha value is -3.28. The second kappa shape index (κ2) is 10.3. The molecule has 0 bridgehead atoms. The molecule has 0 saturated heterocycles. The second-order valence-corrected chi connectivity index (χ2v) is 7.03. The molecule has 6 nitrogen and oxygen atoms in total. The quantitative estimate of drug-likeness (QED) is 0.455. The van der Waals surface area contributed by atoms with Gasteiger partial charge in [0, 0.05) is 32.5 Å². The molecule has 0 radical (unpaired) electrons. The van der Waals surface area contributed by atoms with Crippen molar-refractivity contribution in [3.8, 4) is 11.4 Å². The maximum absolute atomic E-state index is 5.68. The summed E-state index contributed by atoms with van der Waals surface area (Å²) < 4.78 is 7.53. The van der Waals surface area contributed by atoms with Crippen LogP contribution in [0.3, 0.4) is 0 Å². The van der Waals surface area contributed by atoms with Crippen LogP contribution < -0.4 is 15.4 Å². The van der Waals surface area contributed by atoms with Crippen LogP contribution in [0.15, 0.2) is 72.0 Å². The monoisotopic (exact) mass is 391 g/mol. The van der Waals surface area contributed by atoms with Crippen LogP contribution in [0.5, 0.6) is 5.75 Å². The van der Waals surface area contributed by atoms with Gasteiger partial charge in [0.1, 0.15) is 5.75 Å². The van der Waals surface area contributed by atoms with Crippen LogP contribution >= 0.6 is 0 Å². The van der Waals surface area contributed by atoms with E-state index in [0.29, 0.717) is 6.54 Å². The summed E-state index contributed by atoms with van der Waals surface area (Å²) in [4.78, 5) is 4.30. The highest BCUT2D eigenvalue weighted by Crippen LogP contribution is 2.13. The fourth-order valence-corrected chi connectivity index (χ4v) is 2.93. The first-order valence-electron chi connectivity index (χ1n) is 9.93. The van der Waals surface area contributed by atoms with Gasteiger partial charge >= 0.3 is 0 Å². The summed E-state index contributed by atoms with van der Waals surface area (Å²) >= 11 is 0. The zero-order valence-electron chi connectivity index (χ0n) is 17.3. The van der Waals surface area contributed by atoms with Crippen molar-refractivity contribution in [1.82, 2.24) is 20.4 Å². The number of aliphatic imine (C=N–C) groups is 1. The fraction of sp³-hybridized carbons (Fsp3) is 0.304. The molecule has 3 rings (SSSR count). The molecule has 0 aliphatic carbocycles. The first kappa shape index (κ1) is 20.5.